The van der Waals surface area contributed by atoms with Crippen molar-refractivity contribution in [3.63, 3.8) is 0 Å². The monoisotopic (exact) mass is 276 g/mol. The minimum Gasteiger partial charge on any atom is -0.295 e. The molecule has 21 heavy (non-hydrogen) atoms. The van der Waals surface area contributed by atoms with Gasteiger partial charge in [-0.3, -0.25) is 4.79 Å². The molecule has 1 unspecified atom stereocenters. The Morgan fingerprint density at radius 2 is 1.43 bits per heavy atom. The second kappa shape index (κ2) is 5.33. The first-order valence-corrected chi connectivity index (χ1v) is 7.44. The summed E-state index contributed by atoms with van der Waals surface area (Å²) < 4.78 is 0. The van der Waals surface area contributed by atoms with Gasteiger partial charge in [0.05, 0.1) is 0 Å². The Morgan fingerprint density at radius 1 is 0.857 bits per heavy atom. The maximum atomic E-state index is 12.5. The van der Waals surface area contributed by atoms with Crippen molar-refractivity contribution < 1.29 is 4.79 Å². The van der Waals surface area contributed by atoms with Crippen molar-refractivity contribution in [2.24, 2.45) is 0 Å². The normalized spacial score (nSPS) is 22.5. The van der Waals surface area contributed by atoms with Crippen LogP contribution >= 0.6 is 0 Å². The first kappa shape index (κ1) is 13.8. The van der Waals surface area contributed by atoms with Gasteiger partial charge in [-0.1, -0.05) is 67.6 Å². The van der Waals surface area contributed by atoms with Crippen LogP contribution in [0.5, 0.6) is 0 Å². The molecule has 2 aromatic carbocycles. The summed E-state index contributed by atoms with van der Waals surface area (Å²) in [6, 6.07) is 20.7. The van der Waals surface area contributed by atoms with Gasteiger partial charge >= 0.3 is 0 Å². The molecule has 0 amide bonds. The lowest BCUT2D eigenvalue weighted by atomic mass is 9.67. The number of hydrogen-bond donors (Lipinski definition) is 0. The van der Waals surface area contributed by atoms with Crippen molar-refractivity contribution in [1.29, 1.82) is 0 Å². The van der Waals surface area contributed by atoms with Crippen molar-refractivity contribution in [3.8, 4) is 0 Å². The SMILES string of the molecule is CC1=C(c2ccccc2)CC(C)(c2ccccc2)CC1=O. The molecule has 0 spiro atoms. The fourth-order valence-corrected chi connectivity index (χ4v) is 3.24. The van der Waals surface area contributed by atoms with Crippen LogP contribution in [-0.4, -0.2) is 5.78 Å². The lowest BCUT2D eigenvalue weighted by Crippen LogP contribution is -2.31. The zero-order valence-corrected chi connectivity index (χ0v) is 12.6. The molecule has 0 heterocycles. The minimum absolute atomic E-state index is 0.108. The predicted octanol–water partition coefficient (Wildman–Crippen LogP) is 4.78. The highest BCUT2D eigenvalue weighted by molar-refractivity contribution is 6.04. The number of benzene rings is 2. The van der Waals surface area contributed by atoms with Crippen LogP contribution in [0.4, 0.5) is 0 Å². The Kier molecular flexibility index (Phi) is 3.50. The Hall–Kier alpha value is -2.15. The van der Waals surface area contributed by atoms with Crippen molar-refractivity contribution in [3.05, 3.63) is 77.4 Å². The van der Waals surface area contributed by atoms with Crippen LogP contribution in [-0.2, 0) is 10.2 Å². The zero-order valence-electron chi connectivity index (χ0n) is 12.6. The lowest BCUT2D eigenvalue weighted by Gasteiger charge is -2.35. The van der Waals surface area contributed by atoms with Gasteiger partial charge in [-0.25, -0.2) is 0 Å². The highest BCUT2D eigenvalue weighted by Gasteiger charge is 2.36. The largest absolute Gasteiger partial charge is 0.295 e. The van der Waals surface area contributed by atoms with Crippen LogP contribution in [0, 0.1) is 0 Å². The quantitative estimate of drug-likeness (QED) is 0.771. The van der Waals surface area contributed by atoms with Crippen LogP contribution in [0.15, 0.2) is 66.2 Å². The van der Waals surface area contributed by atoms with E-state index in [1.54, 1.807) is 0 Å². The van der Waals surface area contributed by atoms with Gasteiger partial charge in [0, 0.05) is 11.8 Å². The molecule has 1 aliphatic carbocycles. The van der Waals surface area contributed by atoms with Gasteiger partial charge in [0.2, 0.25) is 0 Å². The van der Waals surface area contributed by atoms with Crippen molar-refractivity contribution in [1.82, 2.24) is 0 Å². The van der Waals surface area contributed by atoms with E-state index >= 15 is 0 Å². The van der Waals surface area contributed by atoms with Gasteiger partial charge in [-0.05, 0) is 35.6 Å². The Balaban J connectivity index is 2.06. The minimum atomic E-state index is -0.108. The fourth-order valence-electron chi connectivity index (χ4n) is 3.24. The summed E-state index contributed by atoms with van der Waals surface area (Å²) in [5.41, 5.74) is 4.43. The molecule has 0 bridgehead atoms. The van der Waals surface area contributed by atoms with E-state index in [4.69, 9.17) is 0 Å². The third-order valence-electron chi connectivity index (χ3n) is 4.58. The van der Waals surface area contributed by atoms with Gasteiger partial charge in [-0.2, -0.15) is 0 Å². The molecular weight excluding hydrogens is 256 g/mol. The highest BCUT2D eigenvalue weighted by Crippen LogP contribution is 2.43. The number of allylic oxidation sites excluding steroid dienone is 2. The number of carbonyl (C=O) groups is 1. The average Bonchev–Trinajstić information content (AvgIpc) is 2.53. The van der Waals surface area contributed by atoms with E-state index in [1.807, 2.05) is 31.2 Å². The summed E-state index contributed by atoms with van der Waals surface area (Å²) in [7, 11) is 0. The first-order chi connectivity index (χ1) is 10.1. The van der Waals surface area contributed by atoms with E-state index < -0.39 is 0 Å². The van der Waals surface area contributed by atoms with E-state index in [9.17, 15) is 4.79 Å². The van der Waals surface area contributed by atoms with Crippen LogP contribution in [0.3, 0.4) is 0 Å². The number of Topliss-reactive ketones (excluding diaryl/α,β-unsaturated/α-hetero) is 1. The van der Waals surface area contributed by atoms with E-state index in [0.29, 0.717) is 6.42 Å². The molecule has 0 fully saturated rings. The third-order valence-corrected chi connectivity index (χ3v) is 4.58. The molecule has 1 aliphatic rings. The van der Waals surface area contributed by atoms with E-state index in [0.717, 1.165) is 12.0 Å². The molecule has 0 N–H and O–H groups in total. The molecular formula is C20H20O. The van der Waals surface area contributed by atoms with Crippen molar-refractivity contribution in [2.75, 3.05) is 0 Å². The van der Waals surface area contributed by atoms with Crippen LogP contribution in [0.2, 0.25) is 0 Å². The highest BCUT2D eigenvalue weighted by atomic mass is 16.1. The van der Waals surface area contributed by atoms with Gasteiger partial charge in [0.15, 0.2) is 5.78 Å². The molecule has 0 aromatic heterocycles. The first-order valence-electron chi connectivity index (χ1n) is 7.44. The van der Waals surface area contributed by atoms with Gasteiger partial charge in [0.25, 0.3) is 0 Å². The summed E-state index contributed by atoms with van der Waals surface area (Å²) in [6.07, 6.45) is 1.51. The van der Waals surface area contributed by atoms with Crippen LogP contribution in [0.25, 0.3) is 5.57 Å². The standard InChI is InChI=1S/C20H20O/c1-15-18(16-9-5-3-6-10-16)13-20(2,14-19(15)21)17-11-7-4-8-12-17/h3-12H,13-14H2,1-2H3. The number of rotatable bonds is 2. The van der Waals surface area contributed by atoms with Crippen molar-refractivity contribution in [2.45, 2.75) is 32.1 Å². The van der Waals surface area contributed by atoms with Crippen molar-refractivity contribution >= 4 is 11.4 Å². The molecule has 1 atom stereocenters. The number of carbonyl (C=O) groups excluding carboxylic acids is 1. The van der Waals surface area contributed by atoms with E-state index in [2.05, 4.69) is 43.3 Å². The number of ketones is 1. The zero-order chi connectivity index (χ0) is 14.9. The maximum absolute atomic E-state index is 12.5. The molecule has 0 saturated carbocycles. The van der Waals surface area contributed by atoms with E-state index in [1.165, 1.54) is 16.7 Å². The molecule has 1 heteroatoms. The maximum Gasteiger partial charge on any atom is 0.159 e. The second-order valence-electron chi connectivity index (χ2n) is 6.17. The van der Waals surface area contributed by atoms with Gasteiger partial charge in [0.1, 0.15) is 0 Å². The fraction of sp³-hybridized carbons (Fsp3) is 0.250. The summed E-state index contributed by atoms with van der Waals surface area (Å²) in [5, 5.41) is 0. The molecule has 3 rings (SSSR count). The number of hydrogen-bond acceptors (Lipinski definition) is 1. The molecule has 2 aromatic rings. The van der Waals surface area contributed by atoms with E-state index in [-0.39, 0.29) is 11.2 Å². The third kappa shape index (κ3) is 2.56. The summed E-state index contributed by atoms with van der Waals surface area (Å²) >= 11 is 0. The summed E-state index contributed by atoms with van der Waals surface area (Å²) in [4.78, 5) is 12.5. The Labute approximate surface area is 126 Å². The molecule has 0 saturated heterocycles. The van der Waals surface area contributed by atoms with Crippen LogP contribution in [0.1, 0.15) is 37.8 Å². The average molecular weight is 276 g/mol. The smallest absolute Gasteiger partial charge is 0.159 e. The molecule has 106 valence electrons. The Bertz CT molecular complexity index is 682. The topological polar surface area (TPSA) is 17.1 Å². The molecule has 1 nitrogen and oxygen atoms in total. The Morgan fingerprint density at radius 3 is 2.05 bits per heavy atom. The summed E-state index contributed by atoms with van der Waals surface area (Å²) in [5.74, 6) is 0.270. The van der Waals surface area contributed by atoms with Crippen LogP contribution < -0.4 is 0 Å². The predicted molar refractivity (Wildman–Crippen MR) is 87.1 cm³/mol. The molecule has 0 aliphatic heterocycles. The van der Waals surface area contributed by atoms with Gasteiger partial charge in [-0.15, -0.1) is 0 Å². The lowest BCUT2D eigenvalue weighted by molar-refractivity contribution is -0.116. The second-order valence-corrected chi connectivity index (χ2v) is 6.17. The van der Waals surface area contributed by atoms with Gasteiger partial charge < -0.3 is 0 Å². The summed E-state index contributed by atoms with van der Waals surface area (Å²) in [6.45, 7) is 4.17. The molecule has 0 radical (unpaired) electrons.